The number of hydrogen-bond acceptors (Lipinski definition) is 9. The molecule has 2 aromatic carbocycles. The van der Waals surface area contributed by atoms with Crippen molar-refractivity contribution in [2.45, 2.75) is 22.7 Å². The third kappa shape index (κ3) is 3.39. The third-order valence-corrected chi connectivity index (χ3v) is 9.96. The van der Waals surface area contributed by atoms with Crippen LogP contribution in [-0.4, -0.2) is 65.6 Å². The van der Waals surface area contributed by atoms with Gasteiger partial charge >= 0.3 is 0 Å². The lowest BCUT2D eigenvalue weighted by Crippen LogP contribution is -2.61. The predicted molar refractivity (Wildman–Crippen MR) is 150 cm³/mol. The summed E-state index contributed by atoms with van der Waals surface area (Å²) in [7, 11) is 6.30. The molecule has 0 bridgehead atoms. The summed E-state index contributed by atoms with van der Waals surface area (Å²) in [6.07, 6.45) is 1.52. The Balaban J connectivity index is 1.61. The van der Waals surface area contributed by atoms with E-state index in [0.717, 1.165) is 11.8 Å². The first-order valence-corrected chi connectivity index (χ1v) is 13.6. The third-order valence-electron chi connectivity index (χ3n) is 8.02. The van der Waals surface area contributed by atoms with E-state index in [4.69, 9.17) is 30.8 Å². The van der Waals surface area contributed by atoms with Gasteiger partial charge in [-0.2, -0.15) is 0 Å². The van der Waals surface area contributed by atoms with Crippen LogP contribution in [0.3, 0.4) is 0 Å². The Labute approximate surface area is 239 Å². The number of halogens is 1. The van der Waals surface area contributed by atoms with Gasteiger partial charge in [0.1, 0.15) is 20.6 Å². The molecule has 2 fully saturated rings. The summed E-state index contributed by atoms with van der Waals surface area (Å²) >= 11 is 6.95. The molecular weight excluding hydrogens is 557 g/mol. The number of benzene rings is 2. The van der Waals surface area contributed by atoms with E-state index >= 15 is 0 Å². The number of methoxy groups -OCH3 is 3. The number of amides is 2. The summed E-state index contributed by atoms with van der Waals surface area (Å²) in [5.74, 6) is -0.145. The van der Waals surface area contributed by atoms with Crippen LogP contribution >= 0.6 is 24.0 Å². The summed E-state index contributed by atoms with van der Waals surface area (Å²) in [4.78, 5) is 32.3. The zero-order valence-electron chi connectivity index (χ0n) is 22.1. The van der Waals surface area contributed by atoms with Crippen LogP contribution in [-0.2, 0) is 21.7 Å². The average Bonchev–Trinajstić information content (AvgIpc) is 3.68. The van der Waals surface area contributed by atoms with Gasteiger partial charge in [-0.25, -0.2) is 4.39 Å². The average molecular weight is 584 g/mol. The summed E-state index contributed by atoms with van der Waals surface area (Å²) in [6.45, 7) is 0.372. The predicted octanol–water partition coefficient (Wildman–Crippen LogP) is 4.12. The number of rotatable bonds is 6. The number of nitrogens with one attached hydrogen (secondary N) is 1. The van der Waals surface area contributed by atoms with Gasteiger partial charge < -0.3 is 23.9 Å². The number of thiocarbonyl (C=S) groups is 1. The number of carbonyl (C=O) groups excluding carboxylic acids is 2. The van der Waals surface area contributed by atoms with Gasteiger partial charge in [0.05, 0.1) is 34.1 Å². The Bertz CT molecular complexity index is 1520. The Morgan fingerprint density at radius 3 is 2.48 bits per heavy atom. The number of nitrogens with zero attached hydrogens (tertiary/aromatic N) is 2. The summed E-state index contributed by atoms with van der Waals surface area (Å²) < 4.78 is 35.9. The molecule has 12 heteroatoms. The van der Waals surface area contributed by atoms with E-state index in [0.29, 0.717) is 44.1 Å². The van der Waals surface area contributed by atoms with E-state index in [1.54, 1.807) is 31.3 Å². The highest BCUT2D eigenvalue weighted by molar-refractivity contribution is 8.25. The van der Waals surface area contributed by atoms with Gasteiger partial charge in [-0.15, -0.1) is 0 Å². The molecule has 9 nitrogen and oxygen atoms in total. The number of fused-ring (bicyclic) bond motifs is 3. The van der Waals surface area contributed by atoms with Crippen molar-refractivity contribution in [3.05, 3.63) is 71.4 Å². The van der Waals surface area contributed by atoms with E-state index in [-0.39, 0.29) is 19.0 Å². The van der Waals surface area contributed by atoms with Crippen molar-refractivity contribution in [1.29, 1.82) is 0 Å². The fourth-order valence-corrected chi connectivity index (χ4v) is 8.52. The molecule has 0 radical (unpaired) electrons. The smallest absolute Gasteiger partial charge is 0.251 e. The summed E-state index contributed by atoms with van der Waals surface area (Å²) in [5, 5.41) is 2.91. The van der Waals surface area contributed by atoms with Crippen LogP contribution < -0.4 is 19.5 Å². The second-order valence-corrected chi connectivity index (χ2v) is 11.7. The van der Waals surface area contributed by atoms with Crippen molar-refractivity contribution in [2.75, 3.05) is 40.2 Å². The first-order valence-electron chi connectivity index (χ1n) is 12.4. The maximum atomic E-state index is 14.8. The molecular formula is C28H26FN3O6S2. The van der Waals surface area contributed by atoms with E-state index in [1.165, 1.54) is 50.7 Å². The standard InChI is InChI=1S/C28H26FN3O6S2/c1-31-14-19(15-10-21(35-2)23(37-4)22(11-15)36-3)28(25(34)32(26(39)40-28)13-17-6-5-9-38-17)27(31)18-12-16(29)7-8-20(18)30-24(27)33/h5-12,19H,13-14H2,1-4H3,(H,30,33)/t19-,27-,28-/m0/s1. The van der Waals surface area contributed by atoms with Gasteiger partial charge in [-0.05, 0) is 55.1 Å². The molecule has 3 aliphatic heterocycles. The maximum absolute atomic E-state index is 14.8. The van der Waals surface area contributed by atoms with Gasteiger partial charge in [0.15, 0.2) is 17.0 Å². The Morgan fingerprint density at radius 1 is 1.12 bits per heavy atom. The largest absolute Gasteiger partial charge is 0.493 e. The molecule has 1 aromatic heterocycles. The first-order chi connectivity index (χ1) is 19.2. The molecule has 6 rings (SSSR count). The van der Waals surface area contributed by atoms with Crippen LogP contribution in [0, 0.1) is 5.82 Å². The highest BCUT2D eigenvalue weighted by Gasteiger charge is 2.77. The number of likely N-dealkylation sites (tertiary alicyclic amines) is 1. The highest BCUT2D eigenvalue weighted by atomic mass is 32.2. The van der Waals surface area contributed by atoms with E-state index in [1.807, 2.05) is 4.90 Å². The Hall–Kier alpha value is -3.61. The second-order valence-electron chi connectivity index (χ2n) is 9.82. The number of thioether (sulfide) groups is 1. The molecule has 0 aliphatic carbocycles. The van der Waals surface area contributed by atoms with Crippen LogP contribution in [0.25, 0.3) is 0 Å². The van der Waals surface area contributed by atoms with Crippen molar-refractivity contribution >= 4 is 45.8 Å². The quantitative estimate of drug-likeness (QED) is 0.430. The van der Waals surface area contributed by atoms with Crippen molar-refractivity contribution in [3.63, 3.8) is 0 Å². The number of anilines is 1. The van der Waals surface area contributed by atoms with E-state index in [2.05, 4.69) is 5.32 Å². The molecule has 0 unspecified atom stereocenters. The van der Waals surface area contributed by atoms with Crippen LogP contribution in [0.1, 0.15) is 22.8 Å². The number of ether oxygens (including phenoxy) is 3. The van der Waals surface area contributed by atoms with Crippen molar-refractivity contribution < 1.29 is 32.6 Å². The van der Waals surface area contributed by atoms with Crippen LogP contribution in [0.5, 0.6) is 17.2 Å². The van der Waals surface area contributed by atoms with Crippen molar-refractivity contribution in [3.8, 4) is 17.2 Å². The van der Waals surface area contributed by atoms with Gasteiger partial charge in [-0.1, -0.05) is 24.0 Å². The van der Waals surface area contributed by atoms with Gasteiger partial charge in [-0.3, -0.25) is 19.4 Å². The van der Waals surface area contributed by atoms with Crippen molar-refractivity contribution in [1.82, 2.24) is 9.80 Å². The SMILES string of the molecule is COc1cc([C@@H]2CN(C)[C@@]3(C(=O)Nc4ccc(F)cc43)[C@]23SC(=S)N(Cc2ccco2)C3=O)cc(OC)c1OC. The Kier molecular flexibility index (Phi) is 6.32. The highest BCUT2D eigenvalue weighted by Crippen LogP contribution is 2.66. The molecule has 1 N–H and O–H groups in total. The molecule has 2 saturated heterocycles. The molecule has 3 aliphatic rings. The lowest BCUT2D eigenvalue weighted by molar-refractivity contribution is -0.138. The maximum Gasteiger partial charge on any atom is 0.251 e. The fourth-order valence-electron chi connectivity index (χ4n) is 6.39. The number of likely N-dealkylation sites (N-methyl/N-ethyl adjacent to an activating group) is 1. The molecule has 3 aromatic rings. The molecule has 4 heterocycles. The first kappa shape index (κ1) is 26.6. The minimum Gasteiger partial charge on any atom is -0.493 e. The summed E-state index contributed by atoms with van der Waals surface area (Å²) in [6, 6.07) is 11.2. The monoisotopic (exact) mass is 583 g/mol. The van der Waals surface area contributed by atoms with E-state index < -0.39 is 27.9 Å². The molecule has 2 amide bonds. The lowest BCUT2D eigenvalue weighted by atomic mass is 9.72. The minimum atomic E-state index is -1.57. The molecule has 0 saturated carbocycles. The number of furan rings is 1. The number of carbonyl (C=O) groups is 2. The summed E-state index contributed by atoms with van der Waals surface area (Å²) in [5.41, 5.74) is -0.0519. The fraction of sp³-hybridized carbons (Fsp3) is 0.321. The lowest BCUT2D eigenvalue weighted by Gasteiger charge is -2.41. The molecule has 2 spiro atoms. The molecule has 3 atom stereocenters. The zero-order chi connectivity index (χ0) is 28.4. The Morgan fingerprint density at radius 2 is 1.85 bits per heavy atom. The molecule has 208 valence electrons. The molecule has 40 heavy (non-hydrogen) atoms. The van der Waals surface area contributed by atoms with E-state index in [9.17, 15) is 14.0 Å². The topological polar surface area (TPSA) is 93.5 Å². The van der Waals surface area contributed by atoms with Crippen LogP contribution in [0.4, 0.5) is 10.1 Å². The van der Waals surface area contributed by atoms with Crippen LogP contribution in [0.15, 0.2) is 53.1 Å². The van der Waals surface area contributed by atoms with Gasteiger partial charge in [0, 0.05) is 23.7 Å². The minimum absolute atomic E-state index is 0.0960. The van der Waals surface area contributed by atoms with Crippen molar-refractivity contribution in [2.24, 2.45) is 0 Å². The second kappa shape index (κ2) is 9.50. The van der Waals surface area contributed by atoms with Gasteiger partial charge in [0.2, 0.25) is 11.7 Å². The normalized spacial score (nSPS) is 25.7. The van der Waals surface area contributed by atoms with Gasteiger partial charge in [0.25, 0.3) is 5.91 Å². The number of hydrogen-bond donors (Lipinski definition) is 1. The zero-order valence-corrected chi connectivity index (χ0v) is 23.8. The van der Waals surface area contributed by atoms with Crippen LogP contribution in [0.2, 0.25) is 0 Å².